The van der Waals surface area contributed by atoms with E-state index in [4.69, 9.17) is 0 Å². The molecule has 2 unspecified atom stereocenters. The highest BCUT2D eigenvalue weighted by molar-refractivity contribution is 7.77. The quantitative estimate of drug-likeness (QED) is 0.379. The van der Waals surface area contributed by atoms with Gasteiger partial charge in [-0.1, -0.05) is 9.77 Å². The van der Waals surface area contributed by atoms with E-state index in [0.29, 0.717) is 0 Å². The Kier molecular flexibility index (Phi) is 7.78. The Bertz CT molecular complexity index is 276. The molecule has 0 aromatic heterocycles. The van der Waals surface area contributed by atoms with E-state index in [1.165, 1.54) is 9.77 Å². The molecule has 94 valence electrons. The van der Waals surface area contributed by atoms with Crippen molar-refractivity contribution >= 4 is 34.5 Å². The van der Waals surface area contributed by atoms with Gasteiger partial charge in [-0.05, 0) is 0 Å². The summed E-state index contributed by atoms with van der Waals surface area (Å²) in [6.07, 6.45) is -0.952. The minimum absolute atomic E-state index is 0.476. The molecule has 0 heterocycles. The van der Waals surface area contributed by atoms with Crippen molar-refractivity contribution in [3.63, 3.8) is 0 Å². The van der Waals surface area contributed by atoms with Crippen molar-refractivity contribution in [3.8, 4) is 0 Å². The molecule has 2 N–H and O–H groups in total. The highest BCUT2D eigenvalue weighted by Crippen LogP contribution is 1.93. The van der Waals surface area contributed by atoms with Gasteiger partial charge in [-0.3, -0.25) is 18.0 Å². The molecule has 12 heteroatoms. The number of hydrogen-bond acceptors (Lipinski definition) is 8. The van der Waals surface area contributed by atoms with Crippen molar-refractivity contribution in [1.29, 1.82) is 0 Å². The molecule has 0 saturated heterocycles. The lowest BCUT2D eigenvalue weighted by atomic mass is 10.3. The molecular formula is C4H6N2O8S2-2. The first-order valence-corrected chi connectivity index (χ1v) is 5.66. The lowest BCUT2D eigenvalue weighted by Crippen LogP contribution is -2.24. The fourth-order valence-electron chi connectivity index (χ4n) is 0.467. The standard InChI is InChI=1S/C4H8N2O8S2/c7-3(13-5-15(9)10)1-2-4(8)14-6-16(11)12/h5-6H,1-2H2,(H,9,10)(H,11,12)/p-2. The van der Waals surface area contributed by atoms with E-state index in [1.807, 2.05) is 0 Å². The molecule has 0 aliphatic carbocycles. The zero-order valence-electron chi connectivity index (χ0n) is 7.50. The van der Waals surface area contributed by atoms with Crippen LogP contribution in [0.3, 0.4) is 0 Å². The summed E-state index contributed by atoms with van der Waals surface area (Å²) >= 11 is -5.53. The largest absolute Gasteiger partial charge is 0.758 e. The monoisotopic (exact) mass is 274 g/mol. The van der Waals surface area contributed by atoms with Crippen LogP contribution >= 0.6 is 0 Å². The van der Waals surface area contributed by atoms with Crippen LogP contribution in [0, 0.1) is 0 Å². The van der Waals surface area contributed by atoms with Crippen molar-refractivity contribution in [3.05, 3.63) is 0 Å². The van der Waals surface area contributed by atoms with Crippen LogP contribution in [0.5, 0.6) is 0 Å². The maximum Gasteiger partial charge on any atom is 0.326 e. The number of nitrogens with one attached hydrogen (secondary N) is 2. The molecule has 0 amide bonds. The third-order valence-electron chi connectivity index (χ3n) is 0.980. The Morgan fingerprint density at radius 1 is 0.938 bits per heavy atom. The third-order valence-corrected chi connectivity index (χ3v) is 1.42. The number of carbonyl (C=O) groups excluding carboxylic acids is 2. The van der Waals surface area contributed by atoms with Gasteiger partial charge in [0.05, 0.1) is 35.4 Å². The zero-order valence-corrected chi connectivity index (χ0v) is 9.13. The predicted molar refractivity (Wildman–Crippen MR) is 45.5 cm³/mol. The molecular weight excluding hydrogens is 268 g/mol. The highest BCUT2D eigenvalue weighted by atomic mass is 32.2. The Labute approximate surface area is 94.4 Å². The second kappa shape index (κ2) is 8.26. The molecule has 0 radical (unpaired) electrons. The Balaban J connectivity index is 3.63. The van der Waals surface area contributed by atoms with E-state index in [9.17, 15) is 27.1 Å². The molecule has 16 heavy (non-hydrogen) atoms. The van der Waals surface area contributed by atoms with Gasteiger partial charge >= 0.3 is 11.9 Å². The van der Waals surface area contributed by atoms with E-state index < -0.39 is 47.3 Å². The summed E-state index contributed by atoms with van der Waals surface area (Å²) in [5.41, 5.74) is 0. The molecule has 0 saturated carbocycles. The van der Waals surface area contributed by atoms with Crippen LogP contribution in [0.4, 0.5) is 0 Å². The van der Waals surface area contributed by atoms with Gasteiger partial charge < -0.3 is 18.8 Å². The molecule has 0 aromatic rings. The van der Waals surface area contributed by atoms with E-state index in [1.54, 1.807) is 0 Å². The lowest BCUT2D eigenvalue weighted by molar-refractivity contribution is -0.154. The van der Waals surface area contributed by atoms with E-state index >= 15 is 0 Å². The summed E-state index contributed by atoms with van der Waals surface area (Å²) in [5, 5.41) is 0. The van der Waals surface area contributed by atoms with Crippen molar-refractivity contribution in [1.82, 2.24) is 9.77 Å². The van der Waals surface area contributed by atoms with E-state index in [-0.39, 0.29) is 0 Å². The number of carbonyl (C=O) groups is 2. The van der Waals surface area contributed by atoms with Crippen LogP contribution in [-0.4, -0.2) is 29.5 Å². The van der Waals surface area contributed by atoms with Crippen molar-refractivity contribution in [2.24, 2.45) is 0 Å². The van der Waals surface area contributed by atoms with Gasteiger partial charge in [0, 0.05) is 0 Å². The molecule has 0 aliphatic rings. The molecule has 0 aromatic carbocycles. The minimum Gasteiger partial charge on any atom is -0.758 e. The summed E-state index contributed by atoms with van der Waals surface area (Å²) in [4.78, 5) is 31.9. The second-order valence-electron chi connectivity index (χ2n) is 2.08. The molecule has 0 bridgehead atoms. The van der Waals surface area contributed by atoms with Crippen LogP contribution in [-0.2, 0) is 41.8 Å². The fourth-order valence-corrected chi connectivity index (χ4v) is 0.789. The topological polar surface area (TPSA) is 157 Å². The van der Waals surface area contributed by atoms with Gasteiger partial charge in [0.2, 0.25) is 0 Å². The highest BCUT2D eigenvalue weighted by Gasteiger charge is 2.09. The smallest absolute Gasteiger partial charge is 0.326 e. The molecule has 0 fully saturated rings. The predicted octanol–water partition coefficient (Wildman–Crippen LogP) is -2.55. The molecule has 0 aliphatic heterocycles. The van der Waals surface area contributed by atoms with Crippen LogP contribution in [0.1, 0.15) is 12.8 Å². The maximum absolute atomic E-state index is 10.7. The first-order chi connectivity index (χ1) is 7.41. The lowest BCUT2D eigenvalue weighted by Gasteiger charge is -2.08. The summed E-state index contributed by atoms with van der Waals surface area (Å²) < 4.78 is 39.4. The van der Waals surface area contributed by atoms with Crippen LogP contribution in [0.15, 0.2) is 0 Å². The summed E-state index contributed by atoms with van der Waals surface area (Å²) in [6, 6.07) is 0. The molecule has 0 rings (SSSR count). The average molecular weight is 274 g/mol. The van der Waals surface area contributed by atoms with E-state index in [2.05, 4.69) is 9.68 Å². The van der Waals surface area contributed by atoms with Gasteiger partial charge in [-0.25, -0.2) is 0 Å². The summed E-state index contributed by atoms with van der Waals surface area (Å²) in [5.74, 6) is -2.05. The third kappa shape index (κ3) is 9.63. The van der Waals surface area contributed by atoms with Crippen molar-refractivity contribution in [2.45, 2.75) is 12.8 Å². The Morgan fingerprint density at radius 2 is 1.25 bits per heavy atom. The average Bonchev–Trinajstić information content (AvgIpc) is 2.20. The number of hydrogen-bond donors (Lipinski definition) is 2. The normalized spacial score (nSPS) is 13.9. The van der Waals surface area contributed by atoms with Crippen LogP contribution in [0.25, 0.3) is 0 Å². The Morgan fingerprint density at radius 3 is 1.50 bits per heavy atom. The molecule has 0 spiro atoms. The van der Waals surface area contributed by atoms with Crippen LogP contribution < -0.4 is 9.77 Å². The summed E-state index contributed by atoms with van der Waals surface area (Å²) in [7, 11) is 0. The zero-order chi connectivity index (χ0) is 12.6. The van der Waals surface area contributed by atoms with E-state index in [0.717, 1.165) is 0 Å². The van der Waals surface area contributed by atoms with Gasteiger partial charge in [0.25, 0.3) is 0 Å². The number of rotatable bonds is 7. The molecule has 2 atom stereocenters. The van der Waals surface area contributed by atoms with Gasteiger partial charge in [0.15, 0.2) is 0 Å². The minimum atomic E-state index is -2.76. The summed E-state index contributed by atoms with van der Waals surface area (Å²) in [6.45, 7) is 0. The fraction of sp³-hybridized carbons (Fsp3) is 0.500. The van der Waals surface area contributed by atoms with Crippen LogP contribution in [0.2, 0.25) is 0 Å². The molecule has 10 nitrogen and oxygen atoms in total. The SMILES string of the molecule is O=C(CCC(=O)ONS(=O)[O-])ONS(=O)[O-]. The van der Waals surface area contributed by atoms with Gasteiger partial charge in [0.1, 0.15) is 0 Å². The Hall–Kier alpha value is -0.920. The maximum atomic E-state index is 10.7. The van der Waals surface area contributed by atoms with Gasteiger partial charge in [-0.15, -0.1) is 0 Å². The second-order valence-corrected chi connectivity index (χ2v) is 3.36. The first-order valence-electron chi connectivity index (χ1n) is 3.51. The first kappa shape index (κ1) is 15.1. The van der Waals surface area contributed by atoms with Gasteiger partial charge in [-0.2, -0.15) is 0 Å². The van der Waals surface area contributed by atoms with Crippen molar-refractivity contribution in [2.75, 3.05) is 0 Å². The van der Waals surface area contributed by atoms with Crippen molar-refractivity contribution < 1.29 is 36.8 Å².